The van der Waals surface area contributed by atoms with Gasteiger partial charge in [-0.15, -0.1) is 0 Å². The number of hydrogen-bond acceptors (Lipinski definition) is 11. The summed E-state index contributed by atoms with van der Waals surface area (Å²) in [5.74, 6) is 3.41. The summed E-state index contributed by atoms with van der Waals surface area (Å²) in [6, 6.07) is 55.4. The van der Waals surface area contributed by atoms with Gasteiger partial charge in [0.1, 0.15) is 40.3 Å². The van der Waals surface area contributed by atoms with Crippen LogP contribution in [0.3, 0.4) is 0 Å². The maximum atomic E-state index is 9.13. The molecule has 0 aliphatic rings. The quantitative estimate of drug-likeness (QED) is 0.0820. The molecule has 1 heterocycles. The normalized spacial score (nSPS) is 8.31. The highest BCUT2D eigenvalue weighted by molar-refractivity contribution is 5.83. The lowest BCUT2D eigenvalue weighted by Crippen LogP contribution is -2.07. The van der Waals surface area contributed by atoms with E-state index in [4.69, 9.17) is 36.4 Å². The number of hydrogen-bond donors (Lipinski definition) is 8. The first-order valence-corrected chi connectivity index (χ1v) is 25.7. The van der Waals surface area contributed by atoms with Crippen LogP contribution in [0.15, 0.2) is 188 Å². The number of phenols is 6. The van der Waals surface area contributed by atoms with Crippen LogP contribution in [-0.2, 0) is 0 Å². The van der Waals surface area contributed by atoms with Crippen molar-refractivity contribution in [3.05, 3.63) is 199 Å². The molecule has 0 bridgehead atoms. The van der Waals surface area contributed by atoms with Crippen molar-refractivity contribution >= 4 is 22.7 Å². The Morgan fingerprint density at radius 2 is 0.676 bits per heavy atom. The lowest BCUT2D eigenvalue weighted by atomic mass is 10.1. The Balaban J connectivity index is -0.000000240. The Hall–Kier alpha value is -7.79. The molecule has 1 aromatic heterocycles. The maximum absolute atomic E-state index is 9.13. The molecule has 11 heteroatoms. The Morgan fingerprint density at radius 1 is 0.365 bits per heavy atom. The van der Waals surface area contributed by atoms with Crippen LogP contribution in [0.4, 0.5) is 11.9 Å². The van der Waals surface area contributed by atoms with Crippen LogP contribution in [0.5, 0.6) is 34.5 Å². The third-order valence-electron chi connectivity index (χ3n) is 6.97. The van der Waals surface area contributed by atoms with Gasteiger partial charge in [-0.25, -0.2) is 0 Å². The Morgan fingerprint density at radius 3 is 0.946 bits per heavy atom. The predicted molar refractivity (Wildman–Crippen MR) is 321 cm³/mol. The van der Waals surface area contributed by atoms with Gasteiger partial charge in [0.25, 0.3) is 0 Å². The van der Waals surface area contributed by atoms with E-state index in [1.165, 1.54) is 25.7 Å². The lowest BCUT2D eigenvalue weighted by molar-refractivity contribution is 0.471. The van der Waals surface area contributed by atoms with Crippen molar-refractivity contribution in [2.45, 2.75) is 130 Å². The molecule has 0 aliphatic carbocycles. The first-order chi connectivity index (χ1) is 35.6. The predicted octanol–water partition coefficient (Wildman–Crippen LogP) is 17.7. The van der Waals surface area contributed by atoms with E-state index in [9.17, 15) is 0 Å². The van der Waals surface area contributed by atoms with Gasteiger partial charge in [0.05, 0.1) is 0 Å². The number of phenolic OH excluding ortho intramolecular Hbond substituents is 6. The van der Waals surface area contributed by atoms with E-state index in [2.05, 4.69) is 75.7 Å². The first kappa shape index (κ1) is 75.1. The molecule has 0 radical (unpaired) electrons. The van der Waals surface area contributed by atoms with Gasteiger partial charge in [0, 0.05) is 6.54 Å². The highest BCUT2D eigenvalue weighted by atomic mass is 16.3. The van der Waals surface area contributed by atoms with Crippen molar-refractivity contribution in [3.8, 4) is 34.5 Å². The van der Waals surface area contributed by atoms with Crippen LogP contribution < -0.4 is 11.1 Å². The molecule has 0 spiro atoms. The molecule has 0 saturated heterocycles. The zero-order valence-corrected chi connectivity index (χ0v) is 47.5. The Labute approximate surface area is 447 Å². The number of para-hydroxylation sites is 5. The second-order valence-corrected chi connectivity index (χ2v) is 14.6. The average molecular weight is 1020 g/mol. The molecule has 0 aliphatic heterocycles. The van der Waals surface area contributed by atoms with Gasteiger partial charge in [-0.05, 0) is 104 Å². The summed E-state index contributed by atoms with van der Waals surface area (Å²) in [6.07, 6.45) is 5.00. The fourth-order valence-corrected chi connectivity index (χ4v) is 4.19. The van der Waals surface area contributed by atoms with Gasteiger partial charge in [0.15, 0.2) is 0 Å². The molecular formula is C63H95N5O6. The summed E-state index contributed by atoms with van der Waals surface area (Å²) in [4.78, 5) is 11.7. The van der Waals surface area contributed by atoms with Crippen LogP contribution >= 0.6 is 0 Å². The van der Waals surface area contributed by atoms with Crippen molar-refractivity contribution < 1.29 is 30.6 Å². The summed E-state index contributed by atoms with van der Waals surface area (Å²) in [6.45, 7) is 31.4. The maximum Gasteiger partial charge on any atom is 0.227 e. The molecular weight excluding hydrogens is 923 g/mol. The summed E-state index contributed by atoms with van der Waals surface area (Å²) in [7, 11) is 0. The van der Waals surface area contributed by atoms with Gasteiger partial charge in [-0.2, -0.15) is 15.0 Å². The number of rotatable bonds is 2. The number of fused-ring (bicyclic) bond motifs is 1. The smallest absolute Gasteiger partial charge is 0.227 e. The minimum Gasteiger partial charge on any atom is -0.508 e. The van der Waals surface area contributed by atoms with Crippen molar-refractivity contribution in [1.29, 1.82) is 0 Å². The van der Waals surface area contributed by atoms with Gasteiger partial charge < -0.3 is 41.7 Å². The van der Waals surface area contributed by atoms with Crippen molar-refractivity contribution in [2.24, 2.45) is 0 Å². The van der Waals surface area contributed by atoms with Gasteiger partial charge in [0.2, 0.25) is 11.9 Å². The number of benzene rings is 7. The van der Waals surface area contributed by atoms with Crippen LogP contribution in [0.1, 0.15) is 127 Å². The largest absolute Gasteiger partial charge is 0.508 e. The van der Waals surface area contributed by atoms with Crippen molar-refractivity contribution in [3.63, 3.8) is 0 Å². The molecule has 0 atom stereocenters. The molecule has 0 amide bonds. The zero-order chi connectivity index (χ0) is 57.2. The van der Waals surface area contributed by atoms with E-state index in [-0.39, 0.29) is 5.95 Å². The Kier molecular flexibility index (Phi) is 58.7. The number of nitrogens with zero attached hydrogens (tertiary/aromatic N) is 3. The third-order valence-corrected chi connectivity index (χ3v) is 6.97. The van der Waals surface area contributed by atoms with E-state index < -0.39 is 0 Å². The molecule has 74 heavy (non-hydrogen) atoms. The summed E-state index contributed by atoms with van der Waals surface area (Å²) in [5.41, 5.74) is 6.31. The van der Waals surface area contributed by atoms with Crippen LogP contribution in [0.25, 0.3) is 10.8 Å². The molecule has 0 saturated carbocycles. The minimum absolute atomic E-state index is 0.258. The number of aryl methyl sites for hydroxylation is 2. The average Bonchev–Trinajstić information content (AvgIpc) is 3.39. The second-order valence-electron chi connectivity index (χ2n) is 14.6. The highest BCUT2D eigenvalue weighted by Gasteiger charge is 1.97. The Bertz CT molecular complexity index is 2130. The standard InChI is InChI=1S/C10H8O.C7H8O.C6H11N5.4C6H6O.4C3H8.2C2H6/c11-10-6-5-8-3-1-2-4-9(8)7-10;1-6-4-2-3-5-7(6)8;1-3-8-6-10-4(2)9-5(7)11-6;4*7-6-4-2-1-3-5-6;4*1-3-2;2*1-2/h1-7,11H;2-5,8H,1H3;3H2,1-2H3,(H3,7,8,9,10,11);4*1-5,7H;4*3H2,1-2H3;2*1-2H3. The summed E-state index contributed by atoms with van der Waals surface area (Å²) in [5, 5.41) is 57.8. The molecule has 8 aromatic rings. The van der Waals surface area contributed by atoms with E-state index >= 15 is 0 Å². The number of anilines is 2. The van der Waals surface area contributed by atoms with Gasteiger partial charge >= 0.3 is 0 Å². The number of nitrogens with two attached hydrogens (primary N) is 1. The third kappa shape index (κ3) is 52.0. The summed E-state index contributed by atoms with van der Waals surface area (Å²) < 4.78 is 0. The fourth-order valence-electron chi connectivity index (χ4n) is 4.19. The molecule has 0 unspecified atom stereocenters. The van der Waals surface area contributed by atoms with Crippen LogP contribution in [-0.4, -0.2) is 52.1 Å². The minimum atomic E-state index is 0.258. The zero-order valence-electron chi connectivity index (χ0n) is 47.5. The van der Waals surface area contributed by atoms with E-state index in [0.717, 1.165) is 22.9 Å². The van der Waals surface area contributed by atoms with Gasteiger partial charge in [-0.3, -0.25) is 0 Å². The molecule has 8 rings (SSSR count). The second kappa shape index (κ2) is 57.8. The van der Waals surface area contributed by atoms with Crippen LogP contribution in [0.2, 0.25) is 0 Å². The topological polar surface area (TPSA) is 198 Å². The van der Waals surface area contributed by atoms with Crippen molar-refractivity contribution in [1.82, 2.24) is 15.0 Å². The fraction of sp³-hybridized carbons (Fsp3) is 0.317. The molecule has 0 fully saturated rings. The van der Waals surface area contributed by atoms with E-state index in [1.807, 2.05) is 114 Å². The van der Waals surface area contributed by atoms with E-state index in [0.29, 0.717) is 46.3 Å². The van der Waals surface area contributed by atoms with E-state index in [1.54, 1.807) is 122 Å². The monoisotopic (exact) mass is 1020 g/mol. The number of nitrogen functional groups attached to an aromatic ring is 1. The van der Waals surface area contributed by atoms with Crippen molar-refractivity contribution in [2.75, 3.05) is 17.6 Å². The molecule has 408 valence electrons. The molecule has 11 nitrogen and oxygen atoms in total. The number of aromatic hydroxyl groups is 6. The number of nitrogens with one attached hydrogen (secondary N) is 1. The van der Waals surface area contributed by atoms with Gasteiger partial charge in [-0.1, -0.05) is 230 Å². The lowest BCUT2D eigenvalue weighted by Gasteiger charge is -2.01. The summed E-state index contributed by atoms with van der Waals surface area (Å²) >= 11 is 0. The molecule has 7 aromatic carbocycles. The first-order valence-electron chi connectivity index (χ1n) is 25.7. The highest BCUT2D eigenvalue weighted by Crippen LogP contribution is 2.19. The number of aromatic nitrogens is 3. The molecule has 9 N–H and O–H groups in total. The van der Waals surface area contributed by atoms with Crippen LogP contribution in [0, 0.1) is 13.8 Å². The SMILES string of the molecule is CC.CC.CCC.CCC.CCC.CCC.CCNc1nc(C)nc(N)n1.Cc1ccccc1O.Oc1ccc2ccccc2c1.Oc1ccccc1.Oc1ccccc1.Oc1ccccc1.Oc1ccccc1.